The van der Waals surface area contributed by atoms with Crippen LogP contribution in [0.5, 0.6) is 5.88 Å². The number of nitrogens with zero attached hydrogens (tertiary/aromatic N) is 1. The summed E-state index contributed by atoms with van der Waals surface area (Å²) in [4.78, 5) is 6.61. The molecule has 0 aliphatic carbocycles. The number of aromatic amines is 1. The first-order valence-electron chi connectivity index (χ1n) is 3.00. The zero-order valence-corrected chi connectivity index (χ0v) is 6.44. The summed E-state index contributed by atoms with van der Waals surface area (Å²) in [5, 5.41) is 0. The van der Waals surface area contributed by atoms with E-state index in [1.807, 2.05) is 6.92 Å². The van der Waals surface area contributed by atoms with Gasteiger partial charge in [0.15, 0.2) is 5.88 Å². The Labute approximate surface area is 64.1 Å². The number of nitrogens with one attached hydrogen (secondary N) is 1. The van der Waals surface area contributed by atoms with E-state index in [1.165, 1.54) is 6.33 Å². The van der Waals surface area contributed by atoms with Crippen LogP contribution in [0.2, 0.25) is 0 Å². The molecule has 0 fully saturated rings. The Kier molecular flexibility index (Phi) is 2.39. The molecule has 0 aliphatic heterocycles. The van der Waals surface area contributed by atoms with Gasteiger partial charge in [0.2, 0.25) is 0 Å². The van der Waals surface area contributed by atoms with Crippen LogP contribution in [0.4, 0.5) is 0 Å². The van der Waals surface area contributed by atoms with Crippen LogP contribution in [0.15, 0.2) is 12.4 Å². The molecule has 0 atom stereocenters. The monoisotopic (exact) mass is 156 g/mol. The van der Waals surface area contributed by atoms with E-state index in [0.717, 1.165) is 0 Å². The third-order valence-corrected chi connectivity index (χ3v) is 1.18. The van der Waals surface area contributed by atoms with Gasteiger partial charge in [-0.3, -0.25) is 0 Å². The quantitative estimate of drug-likeness (QED) is 0.660. The molecule has 0 radical (unpaired) electrons. The van der Waals surface area contributed by atoms with Crippen molar-refractivity contribution in [2.75, 3.05) is 6.61 Å². The second kappa shape index (κ2) is 3.31. The lowest BCUT2D eigenvalue weighted by Crippen LogP contribution is -1.93. The van der Waals surface area contributed by atoms with Gasteiger partial charge in [0.1, 0.15) is 4.64 Å². The molecule has 1 heterocycles. The molecule has 0 bridgehead atoms. The number of ether oxygens (including phenoxy) is 1. The molecule has 0 unspecified atom stereocenters. The van der Waals surface area contributed by atoms with Gasteiger partial charge < -0.3 is 9.72 Å². The van der Waals surface area contributed by atoms with Crippen LogP contribution in [-0.4, -0.2) is 16.6 Å². The van der Waals surface area contributed by atoms with Crippen molar-refractivity contribution >= 4 is 12.2 Å². The molecule has 0 amide bonds. The van der Waals surface area contributed by atoms with Crippen LogP contribution in [0.1, 0.15) is 6.92 Å². The largest absolute Gasteiger partial charge is 0.479 e. The number of hydrogen-bond acceptors (Lipinski definition) is 3. The summed E-state index contributed by atoms with van der Waals surface area (Å²) in [6.07, 6.45) is 1.52. The summed E-state index contributed by atoms with van der Waals surface area (Å²) >= 11 is 4.80. The van der Waals surface area contributed by atoms with Crippen LogP contribution < -0.4 is 4.74 Å². The Hall–Kier alpha value is -0.900. The van der Waals surface area contributed by atoms with Crippen molar-refractivity contribution in [2.45, 2.75) is 6.92 Å². The molecule has 4 heteroatoms. The number of H-pyrrole nitrogens is 1. The first kappa shape index (κ1) is 7.21. The molecule has 0 aliphatic rings. The second-order valence-corrected chi connectivity index (χ2v) is 2.10. The van der Waals surface area contributed by atoms with Gasteiger partial charge >= 0.3 is 0 Å². The van der Waals surface area contributed by atoms with Crippen LogP contribution in [0, 0.1) is 4.64 Å². The Balaban J connectivity index is 2.85. The van der Waals surface area contributed by atoms with E-state index in [1.54, 1.807) is 6.07 Å². The van der Waals surface area contributed by atoms with Gasteiger partial charge in [0.25, 0.3) is 0 Å². The van der Waals surface area contributed by atoms with E-state index in [2.05, 4.69) is 9.97 Å². The van der Waals surface area contributed by atoms with Gasteiger partial charge in [0, 0.05) is 6.07 Å². The molecule has 0 spiro atoms. The van der Waals surface area contributed by atoms with E-state index in [0.29, 0.717) is 17.1 Å². The van der Waals surface area contributed by atoms with Gasteiger partial charge in [-0.15, -0.1) is 0 Å². The standard InChI is InChI=1S/C6H8N2OS/c1-2-9-5-3-6(10)8-4-7-5/h3-4H,2H2,1H3,(H,7,8,10). The lowest BCUT2D eigenvalue weighted by molar-refractivity contribution is 0.326. The molecule has 1 N–H and O–H groups in total. The smallest absolute Gasteiger partial charge is 0.194 e. The summed E-state index contributed by atoms with van der Waals surface area (Å²) in [6, 6.07) is 1.68. The highest BCUT2D eigenvalue weighted by atomic mass is 32.1. The molecule has 3 nitrogen and oxygen atoms in total. The summed E-state index contributed by atoms with van der Waals surface area (Å²) in [6.45, 7) is 2.55. The Morgan fingerprint density at radius 1 is 1.80 bits per heavy atom. The van der Waals surface area contributed by atoms with E-state index < -0.39 is 0 Å². The Morgan fingerprint density at radius 2 is 2.60 bits per heavy atom. The van der Waals surface area contributed by atoms with Gasteiger partial charge in [-0.25, -0.2) is 4.98 Å². The van der Waals surface area contributed by atoms with Crippen LogP contribution >= 0.6 is 12.2 Å². The first-order chi connectivity index (χ1) is 4.83. The lowest BCUT2D eigenvalue weighted by atomic mass is 10.6. The Bertz CT molecular complexity index is 258. The van der Waals surface area contributed by atoms with Crippen molar-refractivity contribution < 1.29 is 4.74 Å². The predicted octanol–water partition coefficient (Wildman–Crippen LogP) is 1.54. The highest BCUT2D eigenvalue weighted by molar-refractivity contribution is 7.71. The fourth-order valence-electron chi connectivity index (χ4n) is 0.589. The number of aromatic nitrogens is 2. The zero-order chi connectivity index (χ0) is 7.40. The van der Waals surface area contributed by atoms with E-state index in [4.69, 9.17) is 17.0 Å². The molecule has 10 heavy (non-hydrogen) atoms. The fraction of sp³-hybridized carbons (Fsp3) is 0.333. The summed E-state index contributed by atoms with van der Waals surface area (Å²) in [5.41, 5.74) is 0. The Morgan fingerprint density at radius 3 is 3.20 bits per heavy atom. The highest BCUT2D eigenvalue weighted by Gasteiger charge is 1.88. The molecule has 0 saturated heterocycles. The highest BCUT2D eigenvalue weighted by Crippen LogP contribution is 2.01. The minimum Gasteiger partial charge on any atom is -0.479 e. The van der Waals surface area contributed by atoms with Crippen molar-refractivity contribution in [1.82, 2.24) is 9.97 Å². The van der Waals surface area contributed by atoms with E-state index >= 15 is 0 Å². The average Bonchev–Trinajstić information content (AvgIpc) is 1.88. The minimum absolute atomic E-state index is 0.544. The lowest BCUT2D eigenvalue weighted by Gasteiger charge is -1.99. The van der Waals surface area contributed by atoms with E-state index in [-0.39, 0.29) is 0 Å². The topological polar surface area (TPSA) is 37.9 Å². The van der Waals surface area contributed by atoms with Gasteiger partial charge in [-0.2, -0.15) is 0 Å². The maximum atomic E-state index is 5.12. The molecular formula is C6H8N2OS. The molecule has 0 saturated carbocycles. The zero-order valence-electron chi connectivity index (χ0n) is 5.63. The van der Waals surface area contributed by atoms with Crippen LogP contribution in [-0.2, 0) is 0 Å². The summed E-state index contributed by atoms with van der Waals surface area (Å²) in [7, 11) is 0. The summed E-state index contributed by atoms with van der Waals surface area (Å²) < 4.78 is 5.67. The fourth-order valence-corrected chi connectivity index (χ4v) is 0.749. The van der Waals surface area contributed by atoms with E-state index in [9.17, 15) is 0 Å². The van der Waals surface area contributed by atoms with Gasteiger partial charge in [-0.1, -0.05) is 12.2 Å². The number of rotatable bonds is 2. The molecule has 1 aromatic rings. The first-order valence-corrected chi connectivity index (χ1v) is 3.41. The normalized spacial score (nSPS) is 9.30. The molecule has 1 rings (SSSR count). The van der Waals surface area contributed by atoms with Crippen LogP contribution in [0.3, 0.4) is 0 Å². The van der Waals surface area contributed by atoms with Gasteiger partial charge in [-0.05, 0) is 6.92 Å². The predicted molar refractivity (Wildman–Crippen MR) is 40.6 cm³/mol. The van der Waals surface area contributed by atoms with Crippen molar-refractivity contribution in [3.8, 4) is 5.88 Å². The maximum Gasteiger partial charge on any atom is 0.194 e. The van der Waals surface area contributed by atoms with Gasteiger partial charge in [0.05, 0.1) is 12.9 Å². The van der Waals surface area contributed by atoms with Crippen LogP contribution in [0.25, 0.3) is 0 Å². The maximum absolute atomic E-state index is 5.12. The summed E-state index contributed by atoms with van der Waals surface area (Å²) in [5.74, 6) is 0.669. The molecule has 0 aromatic carbocycles. The van der Waals surface area contributed by atoms with Crippen molar-refractivity contribution in [1.29, 1.82) is 0 Å². The molecule has 1 aromatic heterocycles. The van der Waals surface area contributed by atoms with Crippen molar-refractivity contribution in [3.63, 3.8) is 0 Å². The molecular weight excluding hydrogens is 148 g/mol. The van der Waals surface area contributed by atoms with Crippen molar-refractivity contribution in [3.05, 3.63) is 17.0 Å². The second-order valence-electron chi connectivity index (χ2n) is 1.68. The molecule has 54 valence electrons. The minimum atomic E-state index is 0.544. The van der Waals surface area contributed by atoms with Crippen molar-refractivity contribution in [2.24, 2.45) is 0 Å². The average molecular weight is 156 g/mol. The third kappa shape index (κ3) is 1.80. The SMILES string of the molecule is CCOc1cc(=S)nc[nH]1. The third-order valence-electron chi connectivity index (χ3n) is 0.953. The number of hydrogen-bond donors (Lipinski definition) is 1.